The van der Waals surface area contributed by atoms with Crippen molar-refractivity contribution in [2.24, 2.45) is 5.41 Å². The summed E-state index contributed by atoms with van der Waals surface area (Å²) in [5.74, 6) is 0.294. The largest absolute Gasteiger partial charge is 0.363 e. The number of hydrogen-bond acceptors (Lipinski definition) is 2. The van der Waals surface area contributed by atoms with Gasteiger partial charge in [0.1, 0.15) is 0 Å². The Morgan fingerprint density at radius 1 is 1.39 bits per heavy atom. The summed E-state index contributed by atoms with van der Waals surface area (Å²) in [7, 11) is -3.36. The van der Waals surface area contributed by atoms with Crippen molar-refractivity contribution < 1.29 is 8.42 Å². The normalized spacial score (nSPS) is 21.1. The summed E-state index contributed by atoms with van der Waals surface area (Å²) in [4.78, 5) is 3.20. The SMILES string of the molecule is CC1(C)CCN(S(=O)(=O)c2c[nH]c(CCl)c2)CC1. The van der Waals surface area contributed by atoms with E-state index in [0.29, 0.717) is 23.9 Å². The number of nitrogens with one attached hydrogen (secondary N) is 1. The molecule has 18 heavy (non-hydrogen) atoms. The molecule has 0 bridgehead atoms. The van der Waals surface area contributed by atoms with Crippen LogP contribution in [0.4, 0.5) is 0 Å². The summed E-state index contributed by atoms with van der Waals surface area (Å²) < 4.78 is 26.3. The topological polar surface area (TPSA) is 53.2 Å². The highest BCUT2D eigenvalue weighted by Crippen LogP contribution is 2.32. The predicted molar refractivity (Wildman–Crippen MR) is 72.1 cm³/mol. The van der Waals surface area contributed by atoms with Crippen LogP contribution in [-0.2, 0) is 15.9 Å². The lowest BCUT2D eigenvalue weighted by Gasteiger charge is -2.35. The van der Waals surface area contributed by atoms with Crippen molar-refractivity contribution in [2.45, 2.75) is 37.5 Å². The van der Waals surface area contributed by atoms with E-state index in [-0.39, 0.29) is 5.41 Å². The molecule has 0 radical (unpaired) electrons. The molecule has 0 aromatic carbocycles. The molecule has 0 saturated carbocycles. The standard InChI is InChI=1S/C12H19ClN2O2S/c1-12(2)3-5-15(6-4-12)18(16,17)11-7-10(8-13)14-9-11/h7,9,14H,3-6,8H2,1-2H3. The van der Waals surface area contributed by atoms with Crippen LogP contribution in [0.1, 0.15) is 32.4 Å². The molecule has 1 aliphatic heterocycles. The molecule has 0 unspecified atom stereocenters. The van der Waals surface area contributed by atoms with E-state index in [0.717, 1.165) is 18.5 Å². The molecule has 6 heteroatoms. The molecule has 2 heterocycles. The summed E-state index contributed by atoms with van der Waals surface area (Å²) in [6, 6.07) is 1.61. The van der Waals surface area contributed by atoms with Gasteiger partial charge in [0.2, 0.25) is 10.0 Å². The fourth-order valence-corrected chi connectivity index (χ4v) is 3.74. The van der Waals surface area contributed by atoms with Gasteiger partial charge in [0.05, 0.1) is 10.8 Å². The fourth-order valence-electron chi connectivity index (χ4n) is 2.13. The third-order valence-corrected chi connectivity index (χ3v) is 5.74. The molecular weight excluding hydrogens is 272 g/mol. The number of aromatic nitrogens is 1. The molecular formula is C12H19ClN2O2S. The van der Waals surface area contributed by atoms with Crippen LogP contribution in [0.15, 0.2) is 17.2 Å². The zero-order chi connectivity index (χ0) is 13.4. The Balaban J connectivity index is 2.17. The summed E-state index contributed by atoms with van der Waals surface area (Å²) in [6.45, 7) is 5.55. The highest BCUT2D eigenvalue weighted by atomic mass is 35.5. The van der Waals surface area contributed by atoms with E-state index in [1.807, 2.05) is 0 Å². The number of aromatic amines is 1. The third-order valence-electron chi connectivity index (χ3n) is 3.57. The van der Waals surface area contributed by atoms with Crippen LogP contribution in [0.2, 0.25) is 0 Å². The zero-order valence-electron chi connectivity index (χ0n) is 10.7. The van der Waals surface area contributed by atoms with Gasteiger partial charge >= 0.3 is 0 Å². The minimum Gasteiger partial charge on any atom is -0.363 e. The van der Waals surface area contributed by atoms with Gasteiger partial charge in [0.15, 0.2) is 0 Å². The van der Waals surface area contributed by atoms with Crippen molar-refractivity contribution >= 4 is 21.6 Å². The smallest absolute Gasteiger partial charge is 0.244 e. The Bertz CT molecular complexity index is 512. The average molecular weight is 291 g/mol. The van der Waals surface area contributed by atoms with E-state index in [1.54, 1.807) is 10.4 Å². The van der Waals surface area contributed by atoms with E-state index in [2.05, 4.69) is 18.8 Å². The molecule has 0 amide bonds. The maximum absolute atomic E-state index is 12.4. The molecule has 0 aliphatic carbocycles. The van der Waals surface area contributed by atoms with Crippen LogP contribution in [0, 0.1) is 5.41 Å². The molecule has 4 nitrogen and oxygen atoms in total. The zero-order valence-corrected chi connectivity index (χ0v) is 12.3. The van der Waals surface area contributed by atoms with Gasteiger partial charge in [-0.2, -0.15) is 4.31 Å². The van der Waals surface area contributed by atoms with E-state index in [9.17, 15) is 8.42 Å². The van der Waals surface area contributed by atoms with Gasteiger partial charge in [-0.1, -0.05) is 13.8 Å². The highest BCUT2D eigenvalue weighted by Gasteiger charge is 2.33. The number of halogens is 1. The first-order valence-electron chi connectivity index (χ1n) is 6.09. The van der Waals surface area contributed by atoms with E-state index in [4.69, 9.17) is 11.6 Å². The fraction of sp³-hybridized carbons (Fsp3) is 0.667. The van der Waals surface area contributed by atoms with Crippen LogP contribution in [0.5, 0.6) is 0 Å². The van der Waals surface area contributed by atoms with Gasteiger partial charge < -0.3 is 4.98 Å². The first-order chi connectivity index (χ1) is 8.35. The van der Waals surface area contributed by atoms with Crippen LogP contribution in [-0.4, -0.2) is 30.8 Å². The molecule has 2 rings (SSSR count). The molecule has 1 aliphatic rings. The second-order valence-electron chi connectivity index (χ2n) is 5.56. The summed E-state index contributed by atoms with van der Waals surface area (Å²) in [5, 5.41) is 0. The van der Waals surface area contributed by atoms with Gasteiger partial charge in [-0.25, -0.2) is 8.42 Å². The van der Waals surface area contributed by atoms with Crippen molar-refractivity contribution in [3.8, 4) is 0 Å². The van der Waals surface area contributed by atoms with Crippen LogP contribution < -0.4 is 0 Å². The number of rotatable bonds is 3. The molecule has 1 aromatic heterocycles. The molecule has 1 fully saturated rings. The van der Waals surface area contributed by atoms with Crippen molar-refractivity contribution in [1.29, 1.82) is 0 Å². The number of nitrogens with zero attached hydrogens (tertiary/aromatic N) is 1. The highest BCUT2D eigenvalue weighted by molar-refractivity contribution is 7.89. The van der Waals surface area contributed by atoms with E-state index < -0.39 is 10.0 Å². The maximum Gasteiger partial charge on any atom is 0.244 e. The number of sulfonamides is 1. The number of H-pyrrole nitrogens is 1. The molecule has 1 N–H and O–H groups in total. The van der Waals surface area contributed by atoms with Gasteiger partial charge in [-0.15, -0.1) is 11.6 Å². The number of piperidine rings is 1. The quantitative estimate of drug-likeness (QED) is 0.870. The van der Waals surface area contributed by atoms with Crippen molar-refractivity contribution in [3.05, 3.63) is 18.0 Å². The number of hydrogen-bond donors (Lipinski definition) is 1. The first kappa shape index (κ1) is 13.9. The number of alkyl halides is 1. The third kappa shape index (κ3) is 2.73. The molecule has 1 saturated heterocycles. The summed E-state index contributed by atoms with van der Waals surface area (Å²) in [5.41, 5.74) is 0.971. The first-order valence-corrected chi connectivity index (χ1v) is 8.06. The van der Waals surface area contributed by atoms with Crippen LogP contribution in [0.3, 0.4) is 0 Å². The molecule has 0 spiro atoms. The lowest BCUT2D eigenvalue weighted by atomic mass is 9.83. The van der Waals surface area contributed by atoms with Gasteiger partial charge in [-0.3, -0.25) is 0 Å². The molecule has 102 valence electrons. The van der Waals surface area contributed by atoms with Crippen molar-refractivity contribution in [1.82, 2.24) is 9.29 Å². The Labute approximate surface area is 113 Å². The predicted octanol–water partition coefficient (Wildman–Crippen LogP) is 2.56. The van der Waals surface area contributed by atoms with Gasteiger partial charge in [0.25, 0.3) is 0 Å². The van der Waals surface area contributed by atoms with Crippen molar-refractivity contribution in [2.75, 3.05) is 13.1 Å². The van der Waals surface area contributed by atoms with Gasteiger partial charge in [0, 0.05) is 25.0 Å². The summed E-state index contributed by atoms with van der Waals surface area (Å²) in [6.07, 6.45) is 3.32. The lowest BCUT2D eigenvalue weighted by molar-refractivity contribution is 0.196. The van der Waals surface area contributed by atoms with E-state index in [1.165, 1.54) is 6.20 Å². The molecule has 0 atom stereocenters. The van der Waals surface area contributed by atoms with Gasteiger partial charge in [-0.05, 0) is 24.3 Å². The van der Waals surface area contributed by atoms with Crippen LogP contribution >= 0.6 is 11.6 Å². The minimum absolute atomic E-state index is 0.242. The Kier molecular flexibility index (Phi) is 3.76. The second kappa shape index (κ2) is 4.87. The minimum atomic E-state index is -3.36. The lowest BCUT2D eigenvalue weighted by Crippen LogP contribution is -2.40. The second-order valence-corrected chi connectivity index (χ2v) is 7.77. The Hall–Kier alpha value is -0.520. The molecule has 1 aromatic rings. The summed E-state index contributed by atoms with van der Waals surface area (Å²) >= 11 is 5.67. The Morgan fingerprint density at radius 3 is 2.50 bits per heavy atom. The van der Waals surface area contributed by atoms with E-state index >= 15 is 0 Å². The van der Waals surface area contributed by atoms with Crippen molar-refractivity contribution in [3.63, 3.8) is 0 Å². The monoisotopic (exact) mass is 290 g/mol. The van der Waals surface area contributed by atoms with Crippen LogP contribution in [0.25, 0.3) is 0 Å². The maximum atomic E-state index is 12.4. The Morgan fingerprint density at radius 2 is 2.00 bits per heavy atom. The average Bonchev–Trinajstić information content (AvgIpc) is 2.77.